The maximum atomic E-state index is 13.2. The Morgan fingerprint density at radius 1 is 1.06 bits per heavy atom. The molecule has 1 amide bonds. The Morgan fingerprint density at radius 2 is 1.81 bits per heavy atom. The first-order valence-corrected chi connectivity index (χ1v) is 11.2. The highest BCUT2D eigenvalue weighted by Gasteiger charge is 2.44. The fraction of sp³-hybridized carbons (Fsp3) is 0.333. The lowest BCUT2D eigenvalue weighted by Gasteiger charge is -2.28. The molecule has 1 unspecified atom stereocenters. The number of aromatic nitrogens is 1. The van der Waals surface area contributed by atoms with Crippen LogP contribution in [0.3, 0.4) is 0 Å². The summed E-state index contributed by atoms with van der Waals surface area (Å²) in [5, 5.41) is 3.10. The smallest absolute Gasteiger partial charge is 0.227 e. The zero-order valence-electron chi connectivity index (χ0n) is 18.9. The van der Waals surface area contributed by atoms with Crippen molar-refractivity contribution in [2.75, 3.05) is 26.7 Å². The van der Waals surface area contributed by atoms with E-state index in [0.29, 0.717) is 6.54 Å². The summed E-state index contributed by atoms with van der Waals surface area (Å²) in [6.07, 6.45) is 5.21. The molecule has 1 aliphatic heterocycles. The van der Waals surface area contributed by atoms with Crippen molar-refractivity contribution in [1.82, 2.24) is 15.2 Å². The van der Waals surface area contributed by atoms with Gasteiger partial charge in [0, 0.05) is 32.0 Å². The number of nitrogens with zero attached hydrogens (tertiary/aromatic N) is 2. The molecule has 5 heteroatoms. The van der Waals surface area contributed by atoms with Crippen LogP contribution in [0.5, 0.6) is 5.75 Å². The van der Waals surface area contributed by atoms with Crippen LogP contribution in [0.2, 0.25) is 0 Å². The molecule has 2 aromatic carbocycles. The molecule has 0 spiro atoms. The monoisotopic (exact) mass is 429 g/mol. The fourth-order valence-electron chi connectivity index (χ4n) is 4.63. The minimum atomic E-state index is -0.410. The summed E-state index contributed by atoms with van der Waals surface area (Å²) in [6.45, 7) is 5.11. The van der Waals surface area contributed by atoms with Gasteiger partial charge in [0.25, 0.3) is 0 Å². The predicted molar refractivity (Wildman–Crippen MR) is 127 cm³/mol. The normalized spacial score (nSPS) is 18.4. The van der Waals surface area contributed by atoms with Crippen LogP contribution in [0, 0.1) is 5.41 Å². The second-order valence-electron chi connectivity index (χ2n) is 8.56. The maximum absolute atomic E-state index is 13.2. The van der Waals surface area contributed by atoms with Gasteiger partial charge in [0.05, 0.1) is 12.5 Å². The second-order valence-corrected chi connectivity index (χ2v) is 8.56. The number of hydrogen-bond donors (Lipinski definition) is 1. The van der Waals surface area contributed by atoms with E-state index >= 15 is 0 Å². The average Bonchev–Trinajstić information content (AvgIpc) is 3.24. The van der Waals surface area contributed by atoms with E-state index in [2.05, 4.69) is 51.6 Å². The van der Waals surface area contributed by atoms with Gasteiger partial charge in [0.15, 0.2) is 0 Å². The van der Waals surface area contributed by atoms with Crippen LogP contribution >= 0.6 is 0 Å². The summed E-state index contributed by atoms with van der Waals surface area (Å²) < 4.78 is 5.36. The molecule has 166 valence electrons. The van der Waals surface area contributed by atoms with E-state index in [1.165, 1.54) is 11.1 Å². The first kappa shape index (κ1) is 22.0. The predicted octanol–water partition coefficient (Wildman–Crippen LogP) is 4.33. The van der Waals surface area contributed by atoms with E-state index < -0.39 is 5.41 Å². The molecule has 1 saturated heterocycles. The molecule has 32 heavy (non-hydrogen) atoms. The van der Waals surface area contributed by atoms with Crippen LogP contribution in [0.25, 0.3) is 11.1 Å². The van der Waals surface area contributed by atoms with Gasteiger partial charge in [0.1, 0.15) is 5.75 Å². The van der Waals surface area contributed by atoms with Crippen molar-refractivity contribution in [1.29, 1.82) is 0 Å². The van der Waals surface area contributed by atoms with E-state index in [9.17, 15) is 4.79 Å². The molecule has 2 heterocycles. The number of amides is 1. The van der Waals surface area contributed by atoms with Crippen LogP contribution in [0.1, 0.15) is 24.5 Å². The lowest BCUT2D eigenvalue weighted by molar-refractivity contribution is -0.130. The van der Waals surface area contributed by atoms with Crippen molar-refractivity contribution < 1.29 is 9.53 Å². The summed E-state index contributed by atoms with van der Waals surface area (Å²) in [5.41, 5.74) is 4.30. The van der Waals surface area contributed by atoms with Gasteiger partial charge in [-0.25, -0.2) is 0 Å². The number of nitrogens with one attached hydrogen (secondary N) is 1. The first-order chi connectivity index (χ1) is 15.6. The van der Waals surface area contributed by atoms with Gasteiger partial charge in [-0.2, -0.15) is 0 Å². The SMILES string of the molecule is CCNC(=O)C1(Cc2ccc(-c3ccncc3)cc2)CCN(Cc2cccc(OC)c2)C1. The number of carbonyl (C=O) groups is 1. The summed E-state index contributed by atoms with van der Waals surface area (Å²) >= 11 is 0. The topological polar surface area (TPSA) is 54.5 Å². The number of benzene rings is 2. The molecule has 1 N–H and O–H groups in total. The molecular formula is C27H31N3O2. The summed E-state index contributed by atoms with van der Waals surface area (Å²) in [6, 6.07) is 20.8. The van der Waals surface area contributed by atoms with Gasteiger partial charge < -0.3 is 10.1 Å². The van der Waals surface area contributed by atoms with E-state index in [1.807, 2.05) is 43.6 Å². The molecule has 1 fully saturated rings. The van der Waals surface area contributed by atoms with Gasteiger partial charge in [-0.1, -0.05) is 36.4 Å². The van der Waals surface area contributed by atoms with Gasteiger partial charge in [0.2, 0.25) is 5.91 Å². The minimum Gasteiger partial charge on any atom is -0.497 e. The molecule has 5 nitrogen and oxygen atoms in total. The Bertz CT molecular complexity index is 1040. The van der Waals surface area contributed by atoms with Crippen molar-refractivity contribution in [2.45, 2.75) is 26.3 Å². The highest BCUT2D eigenvalue weighted by atomic mass is 16.5. The van der Waals surface area contributed by atoms with Crippen molar-refractivity contribution in [3.05, 3.63) is 84.2 Å². The Labute approximate surface area is 190 Å². The first-order valence-electron chi connectivity index (χ1n) is 11.2. The molecule has 3 aromatic rings. The Hall–Kier alpha value is -3.18. The third kappa shape index (κ3) is 5.00. The largest absolute Gasteiger partial charge is 0.497 e. The summed E-state index contributed by atoms with van der Waals surface area (Å²) in [5.74, 6) is 1.03. The zero-order chi connectivity index (χ0) is 22.4. The van der Waals surface area contributed by atoms with E-state index in [1.54, 1.807) is 7.11 Å². The lowest BCUT2D eigenvalue weighted by atomic mass is 9.79. The third-order valence-electron chi connectivity index (χ3n) is 6.30. The number of pyridine rings is 1. The molecule has 0 radical (unpaired) electrons. The quantitative estimate of drug-likeness (QED) is 0.579. The van der Waals surface area contributed by atoms with Crippen LogP contribution in [0.15, 0.2) is 73.1 Å². The number of carbonyl (C=O) groups excluding carboxylic acids is 1. The van der Waals surface area contributed by atoms with Gasteiger partial charge in [-0.05, 0) is 72.8 Å². The molecule has 1 aromatic heterocycles. The maximum Gasteiger partial charge on any atom is 0.227 e. The Kier molecular flexibility index (Phi) is 6.86. The molecule has 1 aliphatic rings. The number of hydrogen-bond acceptors (Lipinski definition) is 4. The molecule has 0 aliphatic carbocycles. The van der Waals surface area contributed by atoms with Gasteiger partial charge in [-0.15, -0.1) is 0 Å². The number of ether oxygens (including phenoxy) is 1. The lowest BCUT2D eigenvalue weighted by Crippen LogP contribution is -2.44. The highest BCUT2D eigenvalue weighted by Crippen LogP contribution is 2.36. The average molecular weight is 430 g/mol. The van der Waals surface area contributed by atoms with E-state index in [4.69, 9.17) is 4.74 Å². The molecule has 1 atom stereocenters. The van der Waals surface area contributed by atoms with Gasteiger partial charge >= 0.3 is 0 Å². The fourth-order valence-corrected chi connectivity index (χ4v) is 4.63. The molecular weight excluding hydrogens is 398 g/mol. The van der Waals surface area contributed by atoms with Crippen LogP contribution in [-0.2, 0) is 17.8 Å². The van der Waals surface area contributed by atoms with Crippen molar-refractivity contribution in [2.24, 2.45) is 5.41 Å². The standard InChI is InChI=1S/C27H31N3O2/c1-3-29-26(31)27(13-16-30(20-27)19-22-5-4-6-25(17-22)32-2)18-21-7-9-23(10-8-21)24-11-14-28-15-12-24/h4-12,14-15,17H,3,13,16,18-20H2,1-2H3,(H,29,31). The Morgan fingerprint density at radius 3 is 2.53 bits per heavy atom. The molecule has 4 rings (SSSR count). The number of likely N-dealkylation sites (tertiary alicyclic amines) is 1. The molecule has 0 saturated carbocycles. The van der Waals surface area contributed by atoms with Crippen molar-refractivity contribution >= 4 is 5.91 Å². The Balaban J connectivity index is 1.50. The van der Waals surface area contributed by atoms with Gasteiger partial charge in [-0.3, -0.25) is 14.7 Å². The zero-order valence-corrected chi connectivity index (χ0v) is 18.9. The number of rotatable bonds is 8. The van der Waals surface area contributed by atoms with Crippen LogP contribution in [-0.4, -0.2) is 42.5 Å². The highest BCUT2D eigenvalue weighted by molar-refractivity contribution is 5.83. The minimum absolute atomic E-state index is 0.159. The van der Waals surface area contributed by atoms with Crippen molar-refractivity contribution in [3.63, 3.8) is 0 Å². The second kappa shape index (κ2) is 9.96. The summed E-state index contributed by atoms with van der Waals surface area (Å²) in [4.78, 5) is 19.7. The third-order valence-corrected chi connectivity index (χ3v) is 6.30. The van der Waals surface area contributed by atoms with Crippen LogP contribution < -0.4 is 10.1 Å². The molecule has 0 bridgehead atoms. The number of methoxy groups -OCH3 is 1. The summed E-state index contributed by atoms with van der Waals surface area (Å²) in [7, 11) is 1.69. The van der Waals surface area contributed by atoms with Crippen molar-refractivity contribution in [3.8, 4) is 16.9 Å². The van der Waals surface area contributed by atoms with E-state index in [0.717, 1.165) is 49.4 Å². The van der Waals surface area contributed by atoms with Crippen LogP contribution in [0.4, 0.5) is 0 Å². The van der Waals surface area contributed by atoms with E-state index in [-0.39, 0.29) is 5.91 Å².